The highest BCUT2D eigenvalue weighted by Gasteiger charge is 2.26. The molecule has 0 saturated heterocycles. The van der Waals surface area contributed by atoms with Crippen LogP contribution in [0.4, 0.5) is 4.39 Å². The van der Waals surface area contributed by atoms with E-state index in [1.807, 2.05) is 28.7 Å². The van der Waals surface area contributed by atoms with Crippen molar-refractivity contribution in [3.05, 3.63) is 69.2 Å². The van der Waals surface area contributed by atoms with E-state index in [1.165, 1.54) is 328 Å². The van der Waals surface area contributed by atoms with Gasteiger partial charge >= 0.3 is 0 Å². The Bertz CT molecular complexity index is 3170. The molecular weight excluding hydrogens is 1180 g/mol. The van der Waals surface area contributed by atoms with Crippen molar-refractivity contribution in [3.8, 4) is 40.4 Å². The predicted octanol–water partition coefficient (Wildman–Crippen LogP) is 28.5. The maximum Gasteiger partial charge on any atom is 0.143 e. The number of unbranched alkanes of at least 4 members (excludes halogenated alkanes) is 32. The summed E-state index contributed by atoms with van der Waals surface area (Å²) in [7, 11) is 0. The third-order valence-corrected chi connectivity index (χ3v) is 24.8. The molecule has 6 heterocycles. The van der Waals surface area contributed by atoms with Gasteiger partial charge in [-0.05, 0) is 92.1 Å². The van der Waals surface area contributed by atoms with Gasteiger partial charge in [-0.3, -0.25) is 0 Å². The summed E-state index contributed by atoms with van der Waals surface area (Å²) < 4.78 is 36.8. The molecule has 0 spiro atoms. The Morgan fingerprint density at radius 2 is 0.701 bits per heavy atom. The normalized spacial score (nSPS) is 12.8. The van der Waals surface area contributed by atoms with Crippen LogP contribution in [0.3, 0.4) is 0 Å². The van der Waals surface area contributed by atoms with Gasteiger partial charge in [0.25, 0.3) is 0 Å². The van der Waals surface area contributed by atoms with Gasteiger partial charge in [0.1, 0.15) is 27.9 Å². The third-order valence-electron chi connectivity index (χ3n) is 19.0. The zero-order chi connectivity index (χ0) is 60.8. The number of rotatable bonds is 48. The van der Waals surface area contributed by atoms with Crippen molar-refractivity contribution in [1.82, 2.24) is 17.5 Å². The molecule has 4 nitrogen and oxygen atoms in total. The van der Waals surface area contributed by atoms with Gasteiger partial charge in [0.05, 0.1) is 28.3 Å². The molecule has 478 valence electrons. The zero-order valence-electron chi connectivity index (χ0n) is 55.0. The number of halogens is 1. The Balaban J connectivity index is 1.05. The molecule has 0 saturated carbocycles. The van der Waals surface area contributed by atoms with E-state index in [9.17, 15) is 0 Å². The number of nitrogens with zero attached hydrogens (tertiary/aromatic N) is 4. The van der Waals surface area contributed by atoms with E-state index < -0.39 is 0 Å². The highest BCUT2D eigenvalue weighted by molar-refractivity contribution is 7.27. The predicted molar refractivity (Wildman–Crippen MR) is 390 cm³/mol. The summed E-state index contributed by atoms with van der Waals surface area (Å²) in [6, 6.07) is 15.8. The van der Waals surface area contributed by atoms with Crippen LogP contribution in [0.5, 0.6) is 0 Å². The Kier molecular flexibility index (Phi) is 31.7. The Labute approximate surface area is 551 Å². The highest BCUT2D eigenvalue weighted by atomic mass is 32.1. The van der Waals surface area contributed by atoms with Crippen LogP contribution in [0.1, 0.15) is 305 Å². The van der Waals surface area contributed by atoms with Gasteiger partial charge < -0.3 is 0 Å². The highest BCUT2D eigenvalue weighted by Crippen LogP contribution is 2.49. The van der Waals surface area contributed by atoms with Crippen molar-refractivity contribution >= 4 is 102 Å². The fourth-order valence-electron chi connectivity index (χ4n) is 13.7. The summed E-state index contributed by atoms with van der Waals surface area (Å²) in [5, 5.41) is 2.20. The third kappa shape index (κ3) is 21.9. The molecule has 8 rings (SSSR count). The number of fused-ring (bicyclic) bond motifs is 5. The second-order valence-corrected chi connectivity index (χ2v) is 32.0. The smallest absolute Gasteiger partial charge is 0.143 e. The molecule has 0 aliphatic carbocycles. The SMILES string of the molecule is CCCCCCCCCCCCC(CCCCCCCCCC)Cc1cc(-c2cc3c(cc(-c4cc(CC(CCCCCCCCCC)CCCCCCCCCCCC)c(-c5cc(F)c(-c6ccc(C)s6)s5)s4)c4nsnc43)c3nsnc23)sc1C. The molecule has 0 aliphatic rings. The van der Waals surface area contributed by atoms with Crippen LogP contribution in [0.15, 0.2) is 42.5 Å². The first-order valence-corrected chi connectivity index (χ1v) is 40.5. The lowest BCUT2D eigenvalue weighted by Crippen LogP contribution is -2.05. The van der Waals surface area contributed by atoms with Crippen LogP contribution >= 0.6 is 68.8 Å². The van der Waals surface area contributed by atoms with Crippen LogP contribution < -0.4 is 0 Å². The van der Waals surface area contributed by atoms with Gasteiger partial charge in [-0.1, -0.05) is 285 Å². The summed E-state index contributed by atoms with van der Waals surface area (Å²) in [6.45, 7) is 13.7. The average Bonchev–Trinajstić information content (AvgIpc) is 1.72. The summed E-state index contributed by atoms with van der Waals surface area (Å²) >= 11 is 9.74. The Morgan fingerprint density at radius 3 is 1.10 bits per heavy atom. The molecule has 8 aromatic rings. The molecule has 11 heteroatoms. The maximum atomic E-state index is 16.3. The average molecular weight is 1290 g/mol. The van der Waals surface area contributed by atoms with Crippen LogP contribution in [0.25, 0.3) is 73.2 Å². The fraction of sp³-hybridized carbons (Fsp3) is 0.658. The minimum absolute atomic E-state index is 0.111. The molecule has 87 heavy (non-hydrogen) atoms. The standard InChI is InChI=1S/C76H111FN4S6/c1-7-11-15-19-23-27-29-33-37-40-44-58(43-39-35-31-25-21-17-13-9-3)49-60-51-68(83-57(60)6)64-53-62-63(71-73(64)80-86-78-71)54-65(74-72(62)79-87-81-74)69-52-61(75(84-69)70-55-66(77)76(85-70)67-48-47-56(5)82-67)50-59(45-41-36-32-26-22-18-14-10-4)46-42-38-34-30-28-24-20-16-12-8-2/h47-48,51-55,58-59H,7-46,49-50H2,1-6H3. The number of thiophene rings is 4. The van der Waals surface area contributed by atoms with Gasteiger partial charge in [0.2, 0.25) is 0 Å². The van der Waals surface area contributed by atoms with E-state index in [0.29, 0.717) is 5.92 Å². The number of benzene rings is 2. The molecule has 0 N–H and O–H groups in total. The van der Waals surface area contributed by atoms with Crippen molar-refractivity contribution in [1.29, 1.82) is 0 Å². The summed E-state index contributed by atoms with van der Waals surface area (Å²) in [6.07, 6.45) is 56.7. The topological polar surface area (TPSA) is 51.6 Å². The monoisotopic (exact) mass is 1290 g/mol. The lowest BCUT2D eigenvalue weighted by molar-refractivity contribution is 0.399. The van der Waals surface area contributed by atoms with E-state index in [4.69, 9.17) is 17.5 Å². The van der Waals surface area contributed by atoms with E-state index in [2.05, 4.69) is 77.9 Å². The zero-order valence-corrected chi connectivity index (χ0v) is 59.9. The lowest BCUT2D eigenvalue weighted by atomic mass is 9.88. The largest absolute Gasteiger partial charge is 0.205 e. The van der Waals surface area contributed by atoms with E-state index in [-0.39, 0.29) is 5.82 Å². The quantitative estimate of drug-likeness (QED) is 0.0357. The second-order valence-electron chi connectivity index (χ2n) is 26.3. The Hall–Kier alpha value is -2.93. The van der Waals surface area contributed by atoms with Crippen LogP contribution in [0.2, 0.25) is 0 Å². The van der Waals surface area contributed by atoms with Crippen LogP contribution in [-0.2, 0) is 12.8 Å². The van der Waals surface area contributed by atoms with Crippen molar-refractivity contribution in [2.75, 3.05) is 0 Å². The van der Waals surface area contributed by atoms with E-state index in [1.54, 1.807) is 22.7 Å². The molecule has 2 atom stereocenters. The maximum absolute atomic E-state index is 16.3. The lowest BCUT2D eigenvalue weighted by Gasteiger charge is -2.17. The summed E-state index contributed by atoms with van der Waals surface area (Å²) in [5.74, 6) is 1.21. The molecule has 0 radical (unpaired) electrons. The van der Waals surface area contributed by atoms with E-state index >= 15 is 4.39 Å². The van der Waals surface area contributed by atoms with Crippen LogP contribution in [-0.4, -0.2) is 17.5 Å². The first-order valence-electron chi connectivity index (χ1n) is 35.7. The molecular formula is C76H111FN4S6. The molecule has 0 amide bonds. The molecule has 2 unspecified atom stereocenters. The number of aromatic nitrogens is 4. The molecule has 0 fully saturated rings. The second kappa shape index (κ2) is 39.5. The minimum Gasteiger partial charge on any atom is -0.205 e. The summed E-state index contributed by atoms with van der Waals surface area (Å²) in [5.41, 5.74) is 9.00. The minimum atomic E-state index is -0.111. The number of hydrogen-bond acceptors (Lipinski definition) is 10. The van der Waals surface area contributed by atoms with Gasteiger partial charge in [0, 0.05) is 56.0 Å². The van der Waals surface area contributed by atoms with Crippen molar-refractivity contribution < 1.29 is 4.39 Å². The fourth-order valence-corrected chi connectivity index (χ4v) is 19.3. The van der Waals surface area contributed by atoms with Gasteiger partial charge in [0.15, 0.2) is 0 Å². The van der Waals surface area contributed by atoms with Gasteiger partial charge in [-0.25, -0.2) is 4.39 Å². The van der Waals surface area contributed by atoms with Gasteiger partial charge in [-0.15, -0.1) is 45.3 Å². The summed E-state index contributed by atoms with van der Waals surface area (Å²) in [4.78, 5) is 9.16. The van der Waals surface area contributed by atoms with Gasteiger partial charge in [-0.2, -0.15) is 17.5 Å². The molecule has 2 aromatic carbocycles. The Morgan fingerprint density at radius 1 is 0.345 bits per heavy atom. The number of hydrogen-bond donors (Lipinski definition) is 0. The first-order chi connectivity index (χ1) is 42.8. The molecule has 0 aliphatic heterocycles. The molecule has 0 bridgehead atoms. The van der Waals surface area contributed by atoms with Crippen molar-refractivity contribution in [2.45, 2.75) is 311 Å². The molecule has 6 aromatic heterocycles. The van der Waals surface area contributed by atoms with Crippen molar-refractivity contribution in [2.24, 2.45) is 11.8 Å². The van der Waals surface area contributed by atoms with Crippen molar-refractivity contribution in [3.63, 3.8) is 0 Å². The van der Waals surface area contributed by atoms with Crippen LogP contribution in [0, 0.1) is 31.5 Å². The number of aryl methyl sites for hydroxylation is 2. The first kappa shape index (κ1) is 69.9. The van der Waals surface area contributed by atoms with E-state index in [0.717, 1.165) is 65.4 Å².